The summed E-state index contributed by atoms with van der Waals surface area (Å²) in [6.45, 7) is 1.00. The molecular weight excluding hydrogens is 393 g/mol. The van der Waals surface area contributed by atoms with E-state index in [0.29, 0.717) is 18.8 Å². The maximum atomic E-state index is 12.4. The van der Waals surface area contributed by atoms with Crippen LogP contribution < -0.4 is 4.74 Å². The van der Waals surface area contributed by atoms with E-state index in [1.165, 1.54) is 12.1 Å². The van der Waals surface area contributed by atoms with Crippen LogP contribution in [0.5, 0.6) is 5.75 Å². The average molecular weight is 416 g/mol. The van der Waals surface area contributed by atoms with E-state index in [4.69, 9.17) is 4.98 Å². The molecule has 4 rings (SSSR count). The lowest BCUT2D eigenvalue weighted by Gasteiger charge is -2.21. The van der Waals surface area contributed by atoms with Gasteiger partial charge in [0.05, 0.1) is 5.69 Å². The number of halogens is 3. The molecule has 0 fully saturated rings. The minimum atomic E-state index is -4.68. The van der Waals surface area contributed by atoms with Gasteiger partial charge in [-0.2, -0.15) is 0 Å². The molecule has 0 saturated carbocycles. The molecule has 1 unspecified atom stereocenters. The van der Waals surface area contributed by atoms with Crippen LogP contribution in [0.3, 0.4) is 0 Å². The second-order valence-corrected chi connectivity index (χ2v) is 7.67. The number of aliphatic hydroxyl groups excluding tert-OH is 1. The maximum Gasteiger partial charge on any atom is 0.573 e. The number of alkyl halides is 3. The van der Waals surface area contributed by atoms with E-state index in [-0.39, 0.29) is 12.4 Å². The van der Waals surface area contributed by atoms with Crippen molar-refractivity contribution in [3.63, 3.8) is 0 Å². The van der Waals surface area contributed by atoms with E-state index in [2.05, 4.69) is 9.30 Å². The van der Waals surface area contributed by atoms with Gasteiger partial charge in [-0.1, -0.05) is 36.4 Å². The number of imidazole rings is 1. The number of nitrogens with zero attached hydrogens (tertiary/aromatic N) is 2. The molecule has 3 aromatic rings. The van der Waals surface area contributed by atoms with Crippen LogP contribution in [0.1, 0.15) is 23.4 Å². The normalized spacial score (nSPS) is 16.3. The Morgan fingerprint density at radius 1 is 1.07 bits per heavy atom. The topological polar surface area (TPSA) is 47.3 Å². The Bertz CT molecular complexity index is 996. The molecule has 0 spiro atoms. The molecule has 1 aromatic heterocycles. The van der Waals surface area contributed by atoms with Crippen LogP contribution >= 0.6 is 0 Å². The zero-order valence-electron chi connectivity index (χ0n) is 16.4. The minimum absolute atomic E-state index is 0.192. The van der Waals surface area contributed by atoms with E-state index >= 15 is 0 Å². The SMILES string of the molecule is OCC1CCc2nc(-c3ccc(CCc4cccc(OC(F)(F)F)c4)cc3)cn2C1. The number of hydrogen-bond acceptors (Lipinski definition) is 3. The Kier molecular flexibility index (Phi) is 5.81. The number of fused-ring (bicyclic) bond motifs is 1. The monoisotopic (exact) mass is 416 g/mol. The van der Waals surface area contributed by atoms with Crippen molar-refractivity contribution in [1.82, 2.24) is 9.55 Å². The number of ether oxygens (including phenoxy) is 1. The predicted octanol–water partition coefficient (Wildman–Crippen LogP) is 4.79. The standard InChI is InChI=1S/C23H23F3N2O2/c24-23(25,26)30-20-3-1-2-17(12-20)5-4-16-6-9-19(10-7-16)21-14-28-13-18(15-29)8-11-22(28)27-21/h1-3,6-7,9-10,12,14,18,29H,4-5,8,11,13,15H2. The van der Waals surface area contributed by atoms with Gasteiger partial charge in [-0.3, -0.25) is 0 Å². The maximum absolute atomic E-state index is 12.4. The molecule has 0 aliphatic carbocycles. The molecule has 1 aliphatic rings. The zero-order valence-corrected chi connectivity index (χ0v) is 16.4. The molecular formula is C23H23F3N2O2. The Balaban J connectivity index is 1.39. The number of aliphatic hydroxyl groups is 1. The molecule has 4 nitrogen and oxygen atoms in total. The van der Waals surface area contributed by atoms with Crippen molar-refractivity contribution in [2.45, 2.75) is 38.6 Å². The highest BCUT2D eigenvalue weighted by atomic mass is 19.4. The first-order valence-electron chi connectivity index (χ1n) is 10.0. The number of aryl methyl sites for hydroxylation is 3. The van der Waals surface area contributed by atoms with Crippen LogP contribution in [0.25, 0.3) is 11.3 Å². The Morgan fingerprint density at radius 3 is 2.57 bits per heavy atom. The quantitative estimate of drug-likeness (QED) is 0.629. The van der Waals surface area contributed by atoms with Crippen molar-refractivity contribution in [3.8, 4) is 17.0 Å². The molecule has 0 saturated heterocycles. The van der Waals surface area contributed by atoms with E-state index in [1.54, 1.807) is 12.1 Å². The second kappa shape index (κ2) is 8.52. The largest absolute Gasteiger partial charge is 0.573 e. The van der Waals surface area contributed by atoms with Gasteiger partial charge < -0.3 is 14.4 Å². The Morgan fingerprint density at radius 2 is 1.83 bits per heavy atom. The van der Waals surface area contributed by atoms with Crippen LogP contribution in [0.2, 0.25) is 0 Å². The summed E-state index contributed by atoms with van der Waals surface area (Å²) in [5, 5.41) is 9.38. The third-order valence-electron chi connectivity index (χ3n) is 5.43. The summed E-state index contributed by atoms with van der Waals surface area (Å²) < 4.78 is 43.2. The van der Waals surface area contributed by atoms with E-state index < -0.39 is 6.36 Å². The number of hydrogen-bond donors (Lipinski definition) is 1. The van der Waals surface area contributed by atoms with Crippen molar-refractivity contribution in [1.29, 1.82) is 0 Å². The van der Waals surface area contributed by atoms with Gasteiger partial charge in [0, 0.05) is 37.3 Å². The van der Waals surface area contributed by atoms with Gasteiger partial charge in [-0.15, -0.1) is 13.2 Å². The summed E-state index contributed by atoms with van der Waals surface area (Å²) in [6.07, 6.45) is 0.531. The molecule has 0 amide bonds. The lowest BCUT2D eigenvalue weighted by Crippen LogP contribution is -2.22. The van der Waals surface area contributed by atoms with Crippen LogP contribution in [0.15, 0.2) is 54.7 Å². The highest BCUT2D eigenvalue weighted by Gasteiger charge is 2.31. The molecule has 7 heteroatoms. The fourth-order valence-electron chi connectivity index (χ4n) is 3.83. The smallest absolute Gasteiger partial charge is 0.406 e. The summed E-state index contributed by atoms with van der Waals surface area (Å²) in [4.78, 5) is 4.73. The first-order valence-corrected chi connectivity index (χ1v) is 10.0. The first kappa shape index (κ1) is 20.5. The van der Waals surface area contributed by atoms with Crippen LogP contribution in [0.4, 0.5) is 13.2 Å². The molecule has 1 aliphatic heterocycles. The average Bonchev–Trinajstić information content (AvgIpc) is 3.15. The van der Waals surface area contributed by atoms with Crippen molar-refractivity contribution < 1.29 is 23.0 Å². The van der Waals surface area contributed by atoms with Gasteiger partial charge >= 0.3 is 6.36 Å². The second-order valence-electron chi connectivity index (χ2n) is 7.67. The van der Waals surface area contributed by atoms with Crippen molar-refractivity contribution >= 4 is 0 Å². The molecule has 1 atom stereocenters. The van der Waals surface area contributed by atoms with E-state index in [9.17, 15) is 18.3 Å². The van der Waals surface area contributed by atoms with Gasteiger partial charge in [-0.25, -0.2) is 4.98 Å². The van der Waals surface area contributed by atoms with Crippen LogP contribution in [-0.4, -0.2) is 27.6 Å². The first-order chi connectivity index (χ1) is 14.4. The molecule has 158 valence electrons. The summed E-state index contributed by atoms with van der Waals surface area (Å²) in [6, 6.07) is 14.2. The van der Waals surface area contributed by atoms with Gasteiger partial charge in [0.25, 0.3) is 0 Å². The molecule has 2 heterocycles. The molecule has 0 bridgehead atoms. The van der Waals surface area contributed by atoms with Crippen LogP contribution in [0, 0.1) is 5.92 Å². The van der Waals surface area contributed by atoms with Crippen molar-refractivity contribution in [2.24, 2.45) is 5.92 Å². The van der Waals surface area contributed by atoms with Gasteiger partial charge in [-0.05, 0) is 42.5 Å². The highest BCUT2D eigenvalue weighted by Crippen LogP contribution is 2.26. The number of aromatic nitrogens is 2. The van der Waals surface area contributed by atoms with Crippen LogP contribution in [-0.2, 0) is 25.8 Å². The lowest BCUT2D eigenvalue weighted by atomic mass is 10.0. The fraction of sp³-hybridized carbons (Fsp3) is 0.348. The third-order valence-corrected chi connectivity index (χ3v) is 5.43. The Labute approximate surface area is 173 Å². The van der Waals surface area contributed by atoms with Gasteiger partial charge in [0.15, 0.2) is 0 Å². The molecule has 1 N–H and O–H groups in total. The van der Waals surface area contributed by atoms with E-state index in [1.807, 2.05) is 30.5 Å². The van der Waals surface area contributed by atoms with E-state index in [0.717, 1.165) is 47.6 Å². The minimum Gasteiger partial charge on any atom is -0.406 e. The highest BCUT2D eigenvalue weighted by molar-refractivity contribution is 5.59. The Hall–Kier alpha value is -2.80. The number of benzene rings is 2. The summed E-state index contributed by atoms with van der Waals surface area (Å²) >= 11 is 0. The molecule has 2 aromatic carbocycles. The predicted molar refractivity (Wildman–Crippen MR) is 107 cm³/mol. The van der Waals surface area contributed by atoms with Crippen molar-refractivity contribution in [2.75, 3.05) is 6.61 Å². The van der Waals surface area contributed by atoms with Gasteiger partial charge in [0.2, 0.25) is 0 Å². The third kappa shape index (κ3) is 5.02. The van der Waals surface area contributed by atoms with Gasteiger partial charge in [0.1, 0.15) is 11.6 Å². The summed E-state index contributed by atoms with van der Waals surface area (Å²) in [7, 11) is 0. The summed E-state index contributed by atoms with van der Waals surface area (Å²) in [5.74, 6) is 1.16. The molecule has 30 heavy (non-hydrogen) atoms. The fourth-order valence-corrected chi connectivity index (χ4v) is 3.83. The number of rotatable bonds is 6. The molecule has 0 radical (unpaired) electrons. The van der Waals surface area contributed by atoms with Crippen molar-refractivity contribution in [3.05, 3.63) is 71.7 Å². The zero-order chi connectivity index (χ0) is 21.1. The summed E-state index contributed by atoms with van der Waals surface area (Å²) in [5.41, 5.74) is 3.85. The lowest BCUT2D eigenvalue weighted by molar-refractivity contribution is -0.274.